The number of benzene rings is 1. The summed E-state index contributed by atoms with van der Waals surface area (Å²) in [6, 6.07) is 6.72. The van der Waals surface area contributed by atoms with Crippen LogP contribution in [0.3, 0.4) is 0 Å². The maximum absolute atomic E-state index is 13.4. The number of rotatable bonds is 5. The molecule has 37 heavy (non-hydrogen) atoms. The summed E-state index contributed by atoms with van der Waals surface area (Å²) < 4.78 is 7.85. The topological polar surface area (TPSA) is 92.1 Å². The van der Waals surface area contributed by atoms with Gasteiger partial charge in [-0.1, -0.05) is 6.92 Å². The number of likely N-dealkylation sites (tertiary alicyclic amines) is 1. The average molecular weight is 503 g/mol. The van der Waals surface area contributed by atoms with Gasteiger partial charge in [0.05, 0.1) is 24.1 Å². The molecule has 1 atom stereocenters. The SMILES string of the molecule is CC[C@H]1CC(=O)CN1C1CCN(c2cc3c(cc2NC(=O)c2cnn4cccnc24)CC(C)(C)O3)CC1. The summed E-state index contributed by atoms with van der Waals surface area (Å²) >= 11 is 0. The van der Waals surface area contributed by atoms with E-state index in [0.29, 0.717) is 42.0 Å². The van der Waals surface area contributed by atoms with E-state index in [4.69, 9.17) is 4.74 Å². The van der Waals surface area contributed by atoms with Crippen molar-refractivity contribution in [1.29, 1.82) is 0 Å². The van der Waals surface area contributed by atoms with Crippen molar-refractivity contribution in [3.63, 3.8) is 0 Å². The number of nitrogens with zero attached hydrogens (tertiary/aromatic N) is 5. The normalized spacial score (nSPS) is 21.9. The fourth-order valence-corrected chi connectivity index (χ4v) is 6.20. The summed E-state index contributed by atoms with van der Waals surface area (Å²) in [6.07, 6.45) is 9.45. The third kappa shape index (κ3) is 4.45. The van der Waals surface area contributed by atoms with Crippen molar-refractivity contribution in [2.75, 3.05) is 29.9 Å². The van der Waals surface area contributed by atoms with Crippen LogP contribution in [0.2, 0.25) is 0 Å². The Morgan fingerprint density at radius 3 is 2.84 bits per heavy atom. The number of ketones is 1. The second-order valence-electron chi connectivity index (χ2n) is 11.1. The van der Waals surface area contributed by atoms with Crippen molar-refractivity contribution in [2.45, 2.75) is 70.6 Å². The Bertz CT molecular complexity index is 1360. The number of piperidine rings is 1. The number of Topliss-reactive ketones (excluding diaryl/α,β-unsaturated/α-hetero) is 1. The molecule has 6 rings (SSSR count). The fourth-order valence-electron chi connectivity index (χ4n) is 6.20. The number of amides is 1. The highest BCUT2D eigenvalue weighted by Crippen LogP contribution is 2.42. The highest BCUT2D eigenvalue weighted by atomic mass is 16.5. The summed E-state index contributed by atoms with van der Waals surface area (Å²) in [5.74, 6) is 1.01. The van der Waals surface area contributed by atoms with Gasteiger partial charge in [-0.3, -0.25) is 14.5 Å². The van der Waals surface area contributed by atoms with Gasteiger partial charge in [0.15, 0.2) is 5.65 Å². The van der Waals surface area contributed by atoms with E-state index in [1.165, 1.54) is 0 Å². The molecule has 3 aliphatic rings. The Morgan fingerprint density at radius 1 is 1.24 bits per heavy atom. The highest BCUT2D eigenvalue weighted by Gasteiger charge is 2.37. The first kappa shape index (κ1) is 23.9. The Hall–Kier alpha value is -3.46. The minimum atomic E-state index is -0.279. The number of anilines is 2. The second-order valence-corrected chi connectivity index (χ2v) is 11.1. The zero-order valence-corrected chi connectivity index (χ0v) is 21.7. The van der Waals surface area contributed by atoms with Crippen LogP contribution in [-0.2, 0) is 11.2 Å². The zero-order valence-electron chi connectivity index (χ0n) is 21.7. The van der Waals surface area contributed by atoms with Crippen LogP contribution < -0.4 is 15.0 Å². The summed E-state index contributed by atoms with van der Waals surface area (Å²) in [5, 5.41) is 7.43. The quantitative estimate of drug-likeness (QED) is 0.569. The predicted molar refractivity (Wildman–Crippen MR) is 141 cm³/mol. The van der Waals surface area contributed by atoms with Crippen molar-refractivity contribution in [2.24, 2.45) is 0 Å². The number of carbonyl (C=O) groups is 2. The number of hydrogen-bond donors (Lipinski definition) is 1. The third-order valence-electron chi connectivity index (χ3n) is 7.99. The summed E-state index contributed by atoms with van der Waals surface area (Å²) in [4.78, 5) is 34.6. The Morgan fingerprint density at radius 2 is 2.05 bits per heavy atom. The van der Waals surface area contributed by atoms with E-state index in [9.17, 15) is 9.59 Å². The van der Waals surface area contributed by atoms with Crippen LogP contribution in [0.5, 0.6) is 5.75 Å². The van der Waals surface area contributed by atoms with Crippen LogP contribution in [0.25, 0.3) is 5.65 Å². The number of fused-ring (bicyclic) bond motifs is 2. The number of aromatic nitrogens is 3. The van der Waals surface area contributed by atoms with E-state index in [1.807, 2.05) is 0 Å². The standard InChI is InChI=1S/C28H34N6O3/c1-4-19-13-21(35)17-33(19)20-6-10-32(11-7-20)24-14-25-18(15-28(2,3)37-25)12-23(24)31-27(36)22-16-30-34-9-5-8-29-26(22)34/h5,8-9,12,14,16,19-20H,4,6-7,10-11,13,15,17H2,1-3H3,(H,31,36)/t19-/m0/s1. The van der Waals surface area contributed by atoms with Crippen molar-refractivity contribution in [3.8, 4) is 5.75 Å². The average Bonchev–Trinajstić information content (AvgIpc) is 3.56. The van der Waals surface area contributed by atoms with Gasteiger partial charge < -0.3 is 15.0 Å². The van der Waals surface area contributed by atoms with Crippen LogP contribution in [0.4, 0.5) is 11.4 Å². The number of carbonyl (C=O) groups excluding carboxylic acids is 2. The van der Waals surface area contributed by atoms with Gasteiger partial charge in [-0.2, -0.15) is 5.10 Å². The van der Waals surface area contributed by atoms with Crippen LogP contribution in [0.1, 0.15) is 62.4 Å². The lowest BCUT2D eigenvalue weighted by atomic mass is 9.98. The number of ether oxygens (including phenoxy) is 1. The van der Waals surface area contributed by atoms with E-state index in [1.54, 1.807) is 29.2 Å². The summed E-state index contributed by atoms with van der Waals surface area (Å²) in [6.45, 7) is 8.64. The molecule has 0 saturated carbocycles. The van der Waals surface area contributed by atoms with Gasteiger partial charge >= 0.3 is 0 Å². The fraction of sp³-hybridized carbons (Fsp3) is 0.500. The molecule has 9 nitrogen and oxygen atoms in total. The molecule has 1 amide bonds. The molecule has 5 heterocycles. The lowest BCUT2D eigenvalue weighted by Crippen LogP contribution is -2.47. The lowest BCUT2D eigenvalue weighted by molar-refractivity contribution is -0.117. The first-order valence-electron chi connectivity index (χ1n) is 13.3. The van der Waals surface area contributed by atoms with Gasteiger partial charge in [-0.15, -0.1) is 0 Å². The lowest BCUT2D eigenvalue weighted by Gasteiger charge is -2.40. The van der Waals surface area contributed by atoms with Gasteiger partial charge in [0.25, 0.3) is 5.91 Å². The van der Waals surface area contributed by atoms with Gasteiger partial charge in [0.2, 0.25) is 0 Å². The van der Waals surface area contributed by atoms with Gasteiger partial charge in [0, 0.05) is 62.0 Å². The Balaban J connectivity index is 1.26. The van der Waals surface area contributed by atoms with E-state index >= 15 is 0 Å². The molecular formula is C28H34N6O3. The van der Waals surface area contributed by atoms with Crippen LogP contribution in [0, 0.1) is 0 Å². The molecule has 9 heteroatoms. The molecule has 1 N–H and O–H groups in total. The highest BCUT2D eigenvalue weighted by molar-refractivity contribution is 6.09. The minimum absolute atomic E-state index is 0.232. The van der Waals surface area contributed by atoms with E-state index in [2.05, 4.69) is 58.1 Å². The van der Waals surface area contributed by atoms with E-state index in [0.717, 1.165) is 61.5 Å². The molecule has 0 radical (unpaired) electrons. The van der Waals surface area contributed by atoms with Crippen LogP contribution in [-0.4, -0.2) is 68.5 Å². The molecule has 2 aromatic heterocycles. The zero-order chi connectivity index (χ0) is 25.7. The largest absolute Gasteiger partial charge is 0.487 e. The number of nitrogens with one attached hydrogen (secondary N) is 1. The molecule has 0 aliphatic carbocycles. The van der Waals surface area contributed by atoms with Gasteiger partial charge in [-0.05, 0) is 45.2 Å². The summed E-state index contributed by atoms with van der Waals surface area (Å²) in [5.41, 5.74) is 3.53. The van der Waals surface area contributed by atoms with Gasteiger partial charge in [-0.25, -0.2) is 9.50 Å². The monoisotopic (exact) mass is 502 g/mol. The van der Waals surface area contributed by atoms with Crippen LogP contribution in [0.15, 0.2) is 36.8 Å². The minimum Gasteiger partial charge on any atom is -0.487 e. The molecular weight excluding hydrogens is 468 g/mol. The van der Waals surface area contributed by atoms with Crippen molar-refractivity contribution < 1.29 is 14.3 Å². The Kier molecular flexibility index (Phi) is 5.90. The third-order valence-corrected chi connectivity index (χ3v) is 7.99. The van der Waals surface area contributed by atoms with Gasteiger partial charge in [0.1, 0.15) is 22.7 Å². The first-order valence-corrected chi connectivity index (χ1v) is 13.3. The molecule has 1 aromatic carbocycles. The van der Waals surface area contributed by atoms with Crippen molar-refractivity contribution >= 4 is 28.7 Å². The molecule has 0 bridgehead atoms. The van der Waals surface area contributed by atoms with Crippen LogP contribution >= 0.6 is 0 Å². The number of hydrogen-bond acceptors (Lipinski definition) is 7. The molecule has 3 aromatic rings. The molecule has 3 aliphatic heterocycles. The summed E-state index contributed by atoms with van der Waals surface area (Å²) in [7, 11) is 0. The molecule has 194 valence electrons. The van der Waals surface area contributed by atoms with Crippen molar-refractivity contribution in [1.82, 2.24) is 19.5 Å². The first-order chi connectivity index (χ1) is 17.8. The maximum atomic E-state index is 13.4. The molecule has 0 spiro atoms. The Labute approximate surface area is 216 Å². The second kappa shape index (κ2) is 9.13. The maximum Gasteiger partial charge on any atom is 0.261 e. The van der Waals surface area contributed by atoms with E-state index < -0.39 is 0 Å². The van der Waals surface area contributed by atoms with E-state index in [-0.39, 0.29) is 11.5 Å². The molecule has 2 saturated heterocycles. The molecule has 2 fully saturated rings. The van der Waals surface area contributed by atoms with Crippen molar-refractivity contribution in [3.05, 3.63) is 47.9 Å². The molecule has 0 unspecified atom stereocenters. The smallest absolute Gasteiger partial charge is 0.261 e. The predicted octanol–water partition coefficient (Wildman–Crippen LogP) is 3.72.